The summed E-state index contributed by atoms with van der Waals surface area (Å²) in [6, 6.07) is 31.3. The standard InChI is InChI=1S/C43H25N3O2/c1-2-13-27(14-3-1)41-44-42(33-19-11-23-37-39(33)32-17-7-9-21-35(32)48-37)46-43(45-41)40-28-15-5-4-12-26(28)24-25-30(40)29-18-10-22-36-38(29)31-16-6-8-20-34(31)47-36/h1-25H/i1D,2D,3D,6D,13D,14D,18D. The van der Waals surface area contributed by atoms with E-state index in [2.05, 4.69) is 0 Å². The molecule has 48 heavy (non-hydrogen) atoms. The maximum absolute atomic E-state index is 9.29. The van der Waals surface area contributed by atoms with Crippen LogP contribution in [0.1, 0.15) is 9.60 Å². The topological polar surface area (TPSA) is 65.0 Å². The van der Waals surface area contributed by atoms with Crippen molar-refractivity contribution in [1.29, 1.82) is 0 Å². The Hall–Kier alpha value is -6.59. The Morgan fingerprint density at radius 3 is 1.96 bits per heavy atom. The van der Waals surface area contributed by atoms with E-state index in [1.54, 1.807) is 30.3 Å². The van der Waals surface area contributed by atoms with Gasteiger partial charge in [-0.25, -0.2) is 15.0 Å². The molecule has 3 aromatic heterocycles. The summed E-state index contributed by atoms with van der Waals surface area (Å²) in [6.45, 7) is 0. The first-order valence-corrected chi connectivity index (χ1v) is 15.4. The Morgan fingerprint density at radius 1 is 0.417 bits per heavy atom. The lowest BCUT2D eigenvalue weighted by atomic mass is 9.91. The molecule has 0 amide bonds. The zero-order valence-corrected chi connectivity index (χ0v) is 25.1. The van der Waals surface area contributed by atoms with Crippen molar-refractivity contribution < 1.29 is 18.4 Å². The number of aromatic nitrogens is 3. The Kier molecular flexibility index (Phi) is 4.48. The third-order valence-corrected chi connectivity index (χ3v) is 8.70. The number of nitrogens with zero attached hydrogens (tertiary/aromatic N) is 3. The summed E-state index contributed by atoms with van der Waals surface area (Å²) in [6.07, 6.45) is 0. The van der Waals surface area contributed by atoms with Crippen molar-refractivity contribution in [2.75, 3.05) is 0 Å². The van der Waals surface area contributed by atoms with Crippen LogP contribution in [0.5, 0.6) is 0 Å². The van der Waals surface area contributed by atoms with Gasteiger partial charge >= 0.3 is 0 Å². The first kappa shape index (κ1) is 20.5. The molecule has 0 atom stereocenters. The first-order chi connectivity index (χ1) is 26.7. The van der Waals surface area contributed by atoms with Crippen molar-refractivity contribution in [2.24, 2.45) is 0 Å². The summed E-state index contributed by atoms with van der Waals surface area (Å²) in [5.41, 5.74) is 4.48. The number of fused-ring (bicyclic) bond motifs is 7. The normalized spacial score (nSPS) is 13.8. The van der Waals surface area contributed by atoms with Crippen LogP contribution in [-0.2, 0) is 0 Å². The van der Waals surface area contributed by atoms with E-state index >= 15 is 0 Å². The third-order valence-electron chi connectivity index (χ3n) is 8.70. The van der Waals surface area contributed by atoms with E-state index in [0.29, 0.717) is 61.4 Å². The fraction of sp³-hybridized carbons (Fsp3) is 0. The van der Waals surface area contributed by atoms with E-state index in [-0.39, 0.29) is 29.1 Å². The summed E-state index contributed by atoms with van der Waals surface area (Å²) < 4.78 is 73.2. The highest BCUT2D eigenvalue weighted by molar-refractivity contribution is 6.16. The number of furan rings is 2. The fourth-order valence-corrected chi connectivity index (χ4v) is 6.63. The van der Waals surface area contributed by atoms with Gasteiger partial charge in [0.2, 0.25) is 0 Å². The van der Waals surface area contributed by atoms with Gasteiger partial charge in [-0.15, -0.1) is 0 Å². The summed E-state index contributed by atoms with van der Waals surface area (Å²) in [4.78, 5) is 14.9. The third kappa shape index (κ3) is 4.08. The van der Waals surface area contributed by atoms with Gasteiger partial charge in [-0.2, -0.15) is 0 Å². The van der Waals surface area contributed by atoms with Crippen LogP contribution in [0, 0.1) is 0 Å². The molecule has 5 nitrogen and oxygen atoms in total. The largest absolute Gasteiger partial charge is 0.456 e. The van der Waals surface area contributed by atoms with Crippen molar-refractivity contribution in [2.45, 2.75) is 0 Å². The number of rotatable bonds is 4. The molecule has 10 rings (SSSR count). The zero-order chi connectivity index (χ0) is 37.7. The van der Waals surface area contributed by atoms with Gasteiger partial charge in [0.25, 0.3) is 0 Å². The van der Waals surface area contributed by atoms with Crippen LogP contribution in [0.25, 0.3) is 99.9 Å². The molecular formula is C43H25N3O2. The number of para-hydroxylation sites is 2. The van der Waals surface area contributed by atoms with Gasteiger partial charge in [0, 0.05) is 38.2 Å². The van der Waals surface area contributed by atoms with Crippen LogP contribution < -0.4 is 0 Å². The minimum atomic E-state index is -0.529. The monoisotopic (exact) mass is 622 g/mol. The van der Waals surface area contributed by atoms with Gasteiger partial charge in [0.05, 0.1) is 9.60 Å². The summed E-state index contributed by atoms with van der Waals surface area (Å²) in [7, 11) is 0. The summed E-state index contributed by atoms with van der Waals surface area (Å²) >= 11 is 0. The van der Waals surface area contributed by atoms with E-state index in [1.165, 1.54) is 0 Å². The second-order valence-electron chi connectivity index (χ2n) is 11.4. The smallest absolute Gasteiger partial charge is 0.165 e. The molecule has 0 bridgehead atoms. The second-order valence-corrected chi connectivity index (χ2v) is 11.4. The summed E-state index contributed by atoms with van der Waals surface area (Å²) in [5, 5.41) is 4.52. The molecule has 0 aliphatic carbocycles. The molecule has 5 heteroatoms. The molecule has 10 aromatic rings. The number of benzene rings is 7. The van der Waals surface area contributed by atoms with E-state index in [4.69, 9.17) is 32.0 Å². The van der Waals surface area contributed by atoms with Gasteiger partial charge in [0.1, 0.15) is 22.3 Å². The van der Waals surface area contributed by atoms with Crippen LogP contribution in [0.2, 0.25) is 0 Å². The Balaban J connectivity index is 1.36. The predicted octanol–water partition coefficient (Wildman–Crippen LogP) is 11.5. The minimum Gasteiger partial charge on any atom is -0.456 e. The molecular weight excluding hydrogens is 590 g/mol. The SMILES string of the molecule is [2H]c1ccc2oc3ccc([2H])c(-c4ccc5ccccc5c4-c4nc(-c5c([2H])c([2H])c([2H])c([2H])c5[2H])nc(-c5cccc6oc7ccccc7c56)n4)c3c2c1. The van der Waals surface area contributed by atoms with Gasteiger partial charge in [0.15, 0.2) is 17.5 Å². The van der Waals surface area contributed by atoms with Gasteiger partial charge in [-0.05, 0) is 46.2 Å². The van der Waals surface area contributed by atoms with Gasteiger partial charge < -0.3 is 8.83 Å². The lowest BCUT2D eigenvalue weighted by molar-refractivity contribution is 0.668. The highest BCUT2D eigenvalue weighted by Gasteiger charge is 2.22. The molecule has 224 valence electrons. The molecule has 0 fully saturated rings. The van der Waals surface area contributed by atoms with Gasteiger partial charge in [-0.1, -0.05) is 127 Å². The molecule has 0 radical (unpaired) electrons. The molecule has 0 spiro atoms. The average molecular weight is 623 g/mol. The van der Waals surface area contributed by atoms with Gasteiger partial charge in [-0.3, -0.25) is 0 Å². The summed E-state index contributed by atoms with van der Waals surface area (Å²) in [5.74, 6) is 0.242. The van der Waals surface area contributed by atoms with Crippen LogP contribution >= 0.6 is 0 Å². The average Bonchev–Trinajstić information content (AvgIpc) is 3.77. The zero-order valence-electron chi connectivity index (χ0n) is 32.1. The van der Waals surface area contributed by atoms with Crippen molar-refractivity contribution in [3.8, 4) is 45.3 Å². The van der Waals surface area contributed by atoms with E-state index in [1.807, 2.05) is 78.9 Å². The lowest BCUT2D eigenvalue weighted by Gasteiger charge is -2.15. The predicted molar refractivity (Wildman–Crippen MR) is 194 cm³/mol. The molecule has 0 saturated carbocycles. The van der Waals surface area contributed by atoms with Crippen LogP contribution in [0.15, 0.2) is 160 Å². The van der Waals surface area contributed by atoms with Crippen molar-refractivity contribution in [3.05, 3.63) is 151 Å². The molecule has 0 unspecified atom stereocenters. The van der Waals surface area contributed by atoms with Crippen molar-refractivity contribution in [3.63, 3.8) is 0 Å². The fourth-order valence-electron chi connectivity index (χ4n) is 6.63. The maximum atomic E-state index is 9.29. The van der Waals surface area contributed by atoms with Crippen LogP contribution in [0.4, 0.5) is 0 Å². The van der Waals surface area contributed by atoms with Crippen molar-refractivity contribution in [1.82, 2.24) is 15.0 Å². The number of hydrogen-bond donors (Lipinski definition) is 0. The Bertz CT molecular complexity index is 3240. The minimum absolute atomic E-state index is 0.113. The molecule has 0 aliphatic rings. The molecule has 0 N–H and O–H groups in total. The molecule has 3 heterocycles. The van der Waals surface area contributed by atoms with Crippen LogP contribution in [-0.4, -0.2) is 15.0 Å². The Labute approximate surface area is 284 Å². The molecule has 0 saturated heterocycles. The molecule has 7 aromatic carbocycles. The van der Waals surface area contributed by atoms with E-state index in [9.17, 15) is 1.37 Å². The highest BCUT2D eigenvalue weighted by Crippen LogP contribution is 2.44. The highest BCUT2D eigenvalue weighted by atomic mass is 16.3. The maximum Gasteiger partial charge on any atom is 0.165 e. The first-order valence-electron chi connectivity index (χ1n) is 18.9. The van der Waals surface area contributed by atoms with E-state index in [0.717, 1.165) is 21.5 Å². The van der Waals surface area contributed by atoms with E-state index < -0.39 is 30.2 Å². The van der Waals surface area contributed by atoms with Crippen molar-refractivity contribution >= 4 is 54.6 Å². The lowest BCUT2D eigenvalue weighted by Crippen LogP contribution is -2.02. The quantitative estimate of drug-likeness (QED) is 0.195. The molecule has 0 aliphatic heterocycles. The Morgan fingerprint density at radius 2 is 1.08 bits per heavy atom. The second kappa shape index (κ2) is 10.5. The number of hydrogen-bond acceptors (Lipinski definition) is 5. The van der Waals surface area contributed by atoms with Crippen LogP contribution in [0.3, 0.4) is 0 Å².